The Morgan fingerprint density at radius 3 is 2.42 bits per heavy atom. The molecule has 5 heteroatoms. The van der Waals surface area contributed by atoms with Crippen LogP contribution in [0, 0.1) is 5.82 Å². The zero-order valence-electron chi connectivity index (χ0n) is 11.0. The molecule has 0 radical (unpaired) electrons. The van der Waals surface area contributed by atoms with E-state index in [4.69, 9.17) is 4.74 Å². The van der Waals surface area contributed by atoms with Gasteiger partial charge in [0.1, 0.15) is 23.7 Å². The lowest BCUT2D eigenvalue weighted by molar-refractivity contribution is 0.459. The zero-order valence-corrected chi connectivity index (χ0v) is 11.0. The number of aromatic nitrogens is 2. The van der Waals surface area contributed by atoms with Gasteiger partial charge in [0.05, 0.1) is 0 Å². The summed E-state index contributed by atoms with van der Waals surface area (Å²) >= 11 is 0. The van der Waals surface area contributed by atoms with E-state index in [1.54, 1.807) is 18.2 Å². The molecule has 0 atom stereocenters. The van der Waals surface area contributed by atoms with E-state index < -0.39 is 0 Å². The molecule has 100 valence electrons. The van der Waals surface area contributed by atoms with Crippen LogP contribution in [0.4, 0.5) is 10.2 Å². The number of hydrogen-bond acceptors (Lipinski definition) is 4. The predicted molar refractivity (Wildman–Crippen MR) is 72.1 cm³/mol. The van der Waals surface area contributed by atoms with Crippen LogP contribution >= 0.6 is 0 Å². The average molecular weight is 261 g/mol. The maximum Gasteiger partial charge on any atom is 0.224 e. The van der Waals surface area contributed by atoms with Crippen LogP contribution in [0.3, 0.4) is 0 Å². The number of hydrogen-bond donors (Lipinski definition) is 0. The van der Waals surface area contributed by atoms with Crippen LogP contribution in [0.5, 0.6) is 11.6 Å². The van der Waals surface area contributed by atoms with Crippen molar-refractivity contribution in [3.05, 3.63) is 42.5 Å². The third kappa shape index (κ3) is 3.40. The predicted octanol–water partition coefficient (Wildman–Crippen LogP) is 3.25. The number of rotatable bonds is 5. The van der Waals surface area contributed by atoms with Crippen molar-refractivity contribution in [2.45, 2.75) is 13.8 Å². The molecule has 0 amide bonds. The number of ether oxygens (including phenoxy) is 1. The molecule has 2 aromatic rings. The normalized spacial score (nSPS) is 10.3. The summed E-state index contributed by atoms with van der Waals surface area (Å²) in [6.45, 7) is 5.85. The summed E-state index contributed by atoms with van der Waals surface area (Å²) in [6, 6.07) is 7.60. The van der Waals surface area contributed by atoms with Crippen LogP contribution in [0.1, 0.15) is 13.8 Å². The van der Waals surface area contributed by atoms with Crippen molar-refractivity contribution in [2.75, 3.05) is 18.0 Å². The second-order valence-corrected chi connectivity index (χ2v) is 3.94. The average Bonchev–Trinajstić information content (AvgIpc) is 2.43. The summed E-state index contributed by atoms with van der Waals surface area (Å²) in [4.78, 5) is 10.4. The van der Waals surface area contributed by atoms with Crippen LogP contribution in [0.2, 0.25) is 0 Å². The lowest BCUT2D eigenvalue weighted by Crippen LogP contribution is -2.22. The first-order valence-electron chi connectivity index (χ1n) is 6.23. The van der Waals surface area contributed by atoms with Gasteiger partial charge in [-0.25, -0.2) is 14.4 Å². The highest BCUT2D eigenvalue weighted by Crippen LogP contribution is 2.22. The van der Waals surface area contributed by atoms with Gasteiger partial charge in [-0.15, -0.1) is 0 Å². The van der Waals surface area contributed by atoms with Crippen molar-refractivity contribution in [3.63, 3.8) is 0 Å². The molecule has 0 aliphatic carbocycles. The van der Waals surface area contributed by atoms with Gasteiger partial charge in [0.25, 0.3) is 0 Å². The largest absolute Gasteiger partial charge is 0.439 e. The van der Waals surface area contributed by atoms with Crippen LogP contribution in [-0.2, 0) is 0 Å². The van der Waals surface area contributed by atoms with Crippen LogP contribution in [0.25, 0.3) is 0 Å². The molecule has 0 aliphatic heterocycles. The van der Waals surface area contributed by atoms with Gasteiger partial charge in [0, 0.05) is 19.2 Å². The van der Waals surface area contributed by atoms with Crippen molar-refractivity contribution in [2.24, 2.45) is 0 Å². The Morgan fingerprint density at radius 1 is 1.11 bits per heavy atom. The van der Waals surface area contributed by atoms with E-state index >= 15 is 0 Å². The molecule has 0 saturated heterocycles. The highest BCUT2D eigenvalue weighted by atomic mass is 19.1. The minimum Gasteiger partial charge on any atom is -0.439 e. The Balaban J connectivity index is 2.17. The smallest absolute Gasteiger partial charge is 0.224 e. The molecule has 4 nitrogen and oxygen atoms in total. The van der Waals surface area contributed by atoms with Gasteiger partial charge in [-0.3, -0.25) is 0 Å². The summed E-state index contributed by atoms with van der Waals surface area (Å²) in [5.41, 5.74) is 0. The fourth-order valence-electron chi connectivity index (χ4n) is 1.73. The fraction of sp³-hybridized carbons (Fsp3) is 0.286. The van der Waals surface area contributed by atoms with Gasteiger partial charge in [0.2, 0.25) is 5.88 Å². The molecule has 19 heavy (non-hydrogen) atoms. The van der Waals surface area contributed by atoms with Crippen molar-refractivity contribution >= 4 is 5.82 Å². The first-order chi connectivity index (χ1) is 9.22. The number of benzene rings is 1. The zero-order chi connectivity index (χ0) is 13.7. The Labute approximate surface area is 111 Å². The molecule has 0 aliphatic rings. The second-order valence-electron chi connectivity index (χ2n) is 3.94. The van der Waals surface area contributed by atoms with E-state index in [0.29, 0.717) is 11.6 Å². The molecule has 0 bridgehead atoms. The Bertz CT molecular complexity index is 526. The topological polar surface area (TPSA) is 38.2 Å². The standard InChI is InChI=1S/C14H16FN3O/c1-3-18(4-2)13-9-14(17-10-16-13)19-12-7-5-11(15)6-8-12/h5-10H,3-4H2,1-2H3. The van der Waals surface area contributed by atoms with Gasteiger partial charge in [-0.1, -0.05) is 0 Å². The third-order valence-corrected chi connectivity index (χ3v) is 2.75. The molecule has 1 heterocycles. The fourth-order valence-corrected chi connectivity index (χ4v) is 1.73. The Morgan fingerprint density at radius 2 is 1.79 bits per heavy atom. The van der Waals surface area contributed by atoms with Crippen molar-refractivity contribution < 1.29 is 9.13 Å². The highest BCUT2D eigenvalue weighted by molar-refractivity contribution is 5.41. The van der Waals surface area contributed by atoms with Crippen molar-refractivity contribution in [1.29, 1.82) is 0 Å². The van der Waals surface area contributed by atoms with Gasteiger partial charge in [0.15, 0.2) is 0 Å². The van der Waals surface area contributed by atoms with E-state index in [1.165, 1.54) is 18.5 Å². The molecular weight excluding hydrogens is 245 g/mol. The summed E-state index contributed by atoms with van der Waals surface area (Å²) in [6.07, 6.45) is 1.46. The van der Waals surface area contributed by atoms with Crippen LogP contribution < -0.4 is 9.64 Å². The number of anilines is 1. The summed E-state index contributed by atoms with van der Waals surface area (Å²) in [5, 5.41) is 0. The van der Waals surface area contributed by atoms with Crippen molar-refractivity contribution in [3.8, 4) is 11.6 Å². The molecule has 1 aromatic heterocycles. The molecule has 0 spiro atoms. The van der Waals surface area contributed by atoms with Gasteiger partial charge in [-0.05, 0) is 38.1 Å². The SMILES string of the molecule is CCN(CC)c1cc(Oc2ccc(F)cc2)ncn1. The first kappa shape index (κ1) is 13.3. The maximum absolute atomic E-state index is 12.8. The van der Waals surface area contributed by atoms with E-state index in [9.17, 15) is 4.39 Å². The molecule has 1 aromatic carbocycles. The maximum atomic E-state index is 12.8. The molecule has 0 N–H and O–H groups in total. The van der Waals surface area contributed by atoms with Gasteiger partial charge < -0.3 is 9.64 Å². The molecule has 0 unspecified atom stereocenters. The highest BCUT2D eigenvalue weighted by Gasteiger charge is 2.06. The minimum absolute atomic E-state index is 0.293. The van der Waals surface area contributed by atoms with Gasteiger partial charge in [-0.2, -0.15) is 0 Å². The molecule has 0 fully saturated rings. The summed E-state index contributed by atoms with van der Waals surface area (Å²) < 4.78 is 18.4. The molecular formula is C14H16FN3O. The second kappa shape index (κ2) is 6.13. The van der Waals surface area contributed by atoms with Crippen LogP contribution in [-0.4, -0.2) is 23.1 Å². The van der Waals surface area contributed by atoms with E-state index in [-0.39, 0.29) is 5.82 Å². The quantitative estimate of drug-likeness (QED) is 0.828. The van der Waals surface area contributed by atoms with E-state index in [1.807, 2.05) is 0 Å². The van der Waals surface area contributed by atoms with Crippen LogP contribution in [0.15, 0.2) is 36.7 Å². The van der Waals surface area contributed by atoms with Crippen molar-refractivity contribution in [1.82, 2.24) is 9.97 Å². The lowest BCUT2D eigenvalue weighted by atomic mass is 10.3. The molecule has 2 rings (SSSR count). The minimum atomic E-state index is -0.293. The van der Waals surface area contributed by atoms with E-state index in [0.717, 1.165) is 18.9 Å². The Kier molecular flexibility index (Phi) is 4.28. The Hall–Kier alpha value is -2.17. The lowest BCUT2D eigenvalue weighted by Gasteiger charge is -2.19. The summed E-state index contributed by atoms with van der Waals surface area (Å²) in [5.74, 6) is 1.52. The molecule has 0 saturated carbocycles. The number of halogens is 1. The monoisotopic (exact) mass is 261 g/mol. The van der Waals surface area contributed by atoms with E-state index in [2.05, 4.69) is 28.7 Å². The first-order valence-corrected chi connectivity index (χ1v) is 6.23. The summed E-state index contributed by atoms with van der Waals surface area (Å²) in [7, 11) is 0. The number of nitrogens with zero attached hydrogens (tertiary/aromatic N) is 3. The third-order valence-electron chi connectivity index (χ3n) is 2.75. The van der Waals surface area contributed by atoms with Gasteiger partial charge >= 0.3 is 0 Å².